The first kappa shape index (κ1) is 11.4. The lowest BCUT2D eigenvalue weighted by Gasteiger charge is -2.24. The fourth-order valence-corrected chi connectivity index (χ4v) is 3.07. The van der Waals surface area contributed by atoms with Crippen LogP contribution in [-0.2, 0) is 6.54 Å². The quantitative estimate of drug-likeness (QED) is 0.851. The van der Waals surface area contributed by atoms with Crippen LogP contribution in [0.4, 0.5) is 0 Å². The predicted octanol–water partition coefficient (Wildman–Crippen LogP) is 2.63. The number of hydrogen-bond acceptors (Lipinski definition) is 3. The molecule has 0 amide bonds. The van der Waals surface area contributed by atoms with Crippen LogP contribution in [0.15, 0.2) is 12.1 Å². The Bertz CT molecular complexity index is 318. The smallest absolute Gasteiger partial charge is 0.0931 e. The molecule has 0 aromatic carbocycles. The van der Waals surface area contributed by atoms with Crippen molar-refractivity contribution in [1.82, 2.24) is 10.6 Å². The molecule has 1 aliphatic rings. The fraction of sp³-hybridized carbons (Fsp3) is 0.636. The number of thiophene rings is 1. The van der Waals surface area contributed by atoms with Crippen LogP contribution in [-0.4, -0.2) is 18.6 Å². The molecule has 1 fully saturated rings. The second-order valence-electron chi connectivity index (χ2n) is 4.40. The minimum atomic E-state index is 0.293. The minimum absolute atomic E-state index is 0.293. The Labute approximate surface area is 100 Å². The molecule has 0 aliphatic carbocycles. The number of halogens is 1. The molecule has 1 atom stereocenters. The highest BCUT2D eigenvalue weighted by Crippen LogP contribution is 2.22. The molecule has 0 radical (unpaired) electrons. The number of nitrogens with one attached hydrogen (secondary N) is 2. The van der Waals surface area contributed by atoms with Gasteiger partial charge < -0.3 is 10.6 Å². The lowest BCUT2D eigenvalue weighted by Crippen LogP contribution is -2.45. The van der Waals surface area contributed by atoms with Crippen LogP contribution >= 0.6 is 22.9 Å². The van der Waals surface area contributed by atoms with Crippen molar-refractivity contribution in [3.05, 3.63) is 21.3 Å². The first-order valence-corrected chi connectivity index (χ1v) is 6.57. The Morgan fingerprint density at radius 1 is 1.60 bits per heavy atom. The van der Waals surface area contributed by atoms with Gasteiger partial charge in [-0.3, -0.25) is 0 Å². The first-order valence-electron chi connectivity index (χ1n) is 5.38. The highest BCUT2D eigenvalue weighted by atomic mass is 35.5. The third-order valence-corrected chi connectivity index (χ3v) is 4.13. The van der Waals surface area contributed by atoms with Gasteiger partial charge in [0, 0.05) is 23.5 Å². The molecule has 2 N–H and O–H groups in total. The van der Waals surface area contributed by atoms with Crippen LogP contribution in [0, 0.1) is 0 Å². The van der Waals surface area contributed by atoms with Gasteiger partial charge in [0.2, 0.25) is 0 Å². The fourth-order valence-electron chi connectivity index (χ4n) is 2.02. The maximum Gasteiger partial charge on any atom is 0.0931 e. The monoisotopic (exact) mass is 244 g/mol. The Morgan fingerprint density at radius 3 is 3.07 bits per heavy atom. The van der Waals surface area contributed by atoms with Gasteiger partial charge in [-0.25, -0.2) is 0 Å². The van der Waals surface area contributed by atoms with Crippen molar-refractivity contribution in [3.8, 4) is 0 Å². The lowest BCUT2D eigenvalue weighted by atomic mass is 10.0. The van der Waals surface area contributed by atoms with Crippen molar-refractivity contribution in [2.45, 2.75) is 31.8 Å². The van der Waals surface area contributed by atoms with Crippen LogP contribution in [0.5, 0.6) is 0 Å². The summed E-state index contributed by atoms with van der Waals surface area (Å²) in [4.78, 5) is 1.31. The summed E-state index contributed by atoms with van der Waals surface area (Å²) < 4.78 is 0.872. The van der Waals surface area contributed by atoms with Gasteiger partial charge >= 0.3 is 0 Å². The largest absolute Gasteiger partial charge is 0.310 e. The van der Waals surface area contributed by atoms with Crippen molar-refractivity contribution in [2.24, 2.45) is 0 Å². The van der Waals surface area contributed by atoms with E-state index in [1.54, 1.807) is 11.3 Å². The van der Waals surface area contributed by atoms with Crippen LogP contribution in [0.25, 0.3) is 0 Å². The van der Waals surface area contributed by atoms with Gasteiger partial charge in [-0.1, -0.05) is 11.6 Å². The SMILES string of the molecule is CC1(CNCc2ccc(Cl)s2)CCCN1. The van der Waals surface area contributed by atoms with E-state index in [0.717, 1.165) is 24.0 Å². The van der Waals surface area contributed by atoms with Crippen LogP contribution in [0.1, 0.15) is 24.6 Å². The highest BCUT2D eigenvalue weighted by Gasteiger charge is 2.26. The summed E-state index contributed by atoms with van der Waals surface area (Å²) >= 11 is 7.52. The zero-order chi connectivity index (χ0) is 10.7. The Morgan fingerprint density at radius 2 is 2.47 bits per heavy atom. The standard InChI is InChI=1S/C11H17ClN2S/c1-11(5-2-6-14-11)8-13-7-9-3-4-10(12)15-9/h3-4,13-14H,2,5-8H2,1H3. The van der Waals surface area contributed by atoms with E-state index in [4.69, 9.17) is 11.6 Å². The molecule has 2 heterocycles. The van der Waals surface area contributed by atoms with Gasteiger partial charge in [0.05, 0.1) is 4.34 Å². The van der Waals surface area contributed by atoms with Crippen molar-refractivity contribution in [2.75, 3.05) is 13.1 Å². The molecule has 2 rings (SSSR count). The molecule has 2 nitrogen and oxygen atoms in total. The molecule has 1 unspecified atom stereocenters. The molecule has 84 valence electrons. The van der Waals surface area contributed by atoms with E-state index in [-0.39, 0.29) is 0 Å². The second kappa shape index (κ2) is 4.83. The summed E-state index contributed by atoms with van der Waals surface area (Å²) in [6.45, 7) is 5.40. The molecule has 0 bridgehead atoms. The molecule has 4 heteroatoms. The Balaban J connectivity index is 1.75. The van der Waals surface area contributed by atoms with Crippen molar-refractivity contribution >= 4 is 22.9 Å². The molecule has 1 aromatic rings. The van der Waals surface area contributed by atoms with Gasteiger partial charge in [-0.15, -0.1) is 11.3 Å². The topological polar surface area (TPSA) is 24.1 Å². The zero-order valence-corrected chi connectivity index (χ0v) is 10.5. The number of hydrogen-bond donors (Lipinski definition) is 2. The third-order valence-electron chi connectivity index (χ3n) is 2.90. The molecule has 0 spiro atoms. The second-order valence-corrected chi connectivity index (χ2v) is 6.20. The molecule has 15 heavy (non-hydrogen) atoms. The molecular formula is C11H17ClN2S. The average molecular weight is 245 g/mol. The van der Waals surface area contributed by atoms with E-state index >= 15 is 0 Å². The summed E-state index contributed by atoms with van der Waals surface area (Å²) in [5, 5.41) is 7.03. The van der Waals surface area contributed by atoms with Crippen LogP contribution in [0.3, 0.4) is 0 Å². The number of rotatable bonds is 4. The van der Waals surface area contributed by atoms with Gasteiger partial charge in [0.25, 0.3) is 0 Å². The molecular weight excluding hydrogens is 228 g/mol. The summed E-state index contributed by atoms with van der Waals surface area (Å²) in [6, 6.07) is 4.04. The molecule has 0 saturated carbocycles. The van der Waals surface area contributed by atoms with Crippen LogP contribution in [0.2, 0.25) is 4.34 Å². The van der Waals surface area contributed by atoms with Gasteiger partial charge in [-0.05, 0) is 38.4 Å². The highest BCUT2D eigenvalue weighted by molar-refractivity contribution is 7.16. The Hall–Kier alpha value is -0.0900. The van der Waals surface area contributed by atoms with Crippen LogP contribution < -0.4 is 10.6 Å². The summed E-state index contributed by atoms with van der Waals surface area (Å²) in [5.41, 5.74) is 0.293. The van der Waals surface area contributed by atoms with E-state index in [2.05, 4.69) is 23.6 Å². The normalized spacial score (nSPS) is 26.0. The summed E-state index contributed by atoms with van der Waals surface area (Å²) in [7, 11) is 0. The van der Waals surface area contributed by atoms with Gasteiger partial charge in [0.15, 0.2) is 0 Å². The minimum Gasteiger partial charge on any atom is -0.310 e. The molecule has 1 saturated heterocycles. The summed E-state index contributed by atoms with van der Waals surface area (Å²) in [6.07, 6.45) is 2.56. The maximum absolute atomic E-state index is 5.87. The van der Waals surface area contributed by atoms with E-state index in [1.807, 2.05) is 6.07 Å². The molecule has 1 aliphatic heterocycles. The van der Waals surface area contributed by atoms with E-state index in [1.165, 1.54) is 17.7 Å². The molecule has 1 aromatic heterocycles. The van der Waals surface area contributed by atoms with Crippen molar-refractivity contribution < 1.29 is 0 Å². The van der Waals surface area contributed by atoms with E-state index in [0.29, 0.717) is 5.54 Å². The third kappa shape index (κ3) is 3.18. The summed E-state index contributed by atoms with van der Waals surface area (Å²) in [5.74, 6) is 0. The van der Waals surface area contributed by atoms with Crippen molar-refractivity contribution in [1.29, 1.82) is 0 Å². The van der Waals surface area contributed by atoms with E-state index in [9.17, 15) is 0 Å². The Kier molecular flexibility index (Phi) is 3.67. The van der Waals surface area contributed by atoms with E-state index < -0.39 is 0 Å². The zero-order valence-electron chi connectivity index (χ0n) is 8.98. The van der Waals surface area contributed by atoms with Gasteiger partial charge in [0.1, 0.15) is 0 Å². The predicted molar refractivity (Wildman–Crippen MR) is 66.7 cm³/mol. The van der Waals surface area contributed by atoms with Gasteiger partial charge in [-0.2, -0.15) is 0 Å². The lowest BCUT2D eigenvalue weighted by molar-refractivity contribution is 0.386. The first-order chi connectivity index (χ1) is 7.18. The average Bonchev–Trinajstić information content (AvgIpc) is 2.76. The maximum atomic E-state index is 5.87. The van der Waals surface area contributed by atoms with Crippen molar-refractivity contribution in [3.63, 3.8) is 0 Å².